The number of nitrogens with zero attached hydrogens (tertiary/aromatic N) is 5. The van der Waals surface area contributed by atoms with Gasteiger partial charge in [-0.2, -0.15) is 0 Å². The van der Waals surface area contributed by atoms with Gasteiger partial charge in [0, 0.05) is 43.2 Å². The van der Waals surface area contributed by atoms with Gasteiger partial charge in [-0.05, 0) is 29.8 Å². The van der Waals surface area contributed by atoms with Crippen LogP contribution in [0.4, 0.5) is 5.95 Å². The third-order valence-electron chi connectivity index (χ3n) is 4.14. The van der Waals surface area contributed by atoms with Crippen LogP contribution in [0.25, 0.3) is 0 Å². The molecule has 0 spiro atoms. The van der Waals surface area contributed by atoms with Crippen LogP contribution in [-0.4, -0.2) is 32.2 Å². The van der Waals surface area contributed by atoms with Crippen molar-refractivity contribution in [3.8, 4) is 0 Å². The van der Waals surface area contributed by atoms with E-state index in [9.17, 15) is 0 Å². The zero-order chi connectivity index (χ0) is 16.2. The van der Waals surface area contributed by atoms with E-state index < -0.39 is 0 Å². The largest absolute Gasteiger partial charge is 0.370 e. The molecule has 0 N–H and O–H groups in total. The number of pyridine rings is 1. The van der Waals surface area contributed by atoms with Crippen molar-refractivity contribution < 1.29 is 4.74 Å². The highest BCUT2D eigenvalue weighted by Crippen LogP contribution is 2.19. The minimum absolute atomic E-state index is 0.0580. The predicted molar refractivity (Wildman–Crippen MR) is 90.3 cm³/mol. The summed E-state index contributed by atoms with van der Waals surface area (Å²) in [6.45, 7) is 2.92. The summed E-state index contributed by atoms with van der Waals surface area (Å²) in [4.78, 5) is 15.1. The van der Waals surface area contributed by atoms with Crippen molar-refractivity contribution in [1.82, 2.24) is 19.5 Å². The van der Waals surface area contributed by atoms with Crippen LogP contribution in [0, 0.1) is 0 Å². The van der Waals surface area contributed by atoms with Gasteiger partial charge in [0.05, 0.1) is 25.8 Å². The van der Waals surface area contributed by atoms with Crippen molar-refractivity contribution in [2.75, 3.05) is 11.4 Å². The molecule has 0 bridgehead atoms. The number of aromatic nitrogens is 4. The third kappa shape index (κ3) is 3.28. The van der Waals surface area contributed by atoms with Crippen LogP contribution in [-0.2, 0) is 24.4 Å². The van der Waals surface area contributed by atoms with Crippen LogP contribution in [0.2, 0.25) is 0 Å². The standard InChI is InChI=1S/C18H19N5O/c1-4-15(10-19-6-1)14-24-17-12-22-9-2-5-16(22)11-23(13-17)18-20-7-3-8-21-18/h1-10,17H,11-14H2/t17-/m0/s1. The van der Waals surface area contributed by atoms with Gasteiger partial charge in [0.2, 0.25) is 5.95 Å². The molecule has 3 aromatic rings. The van der Waals surface area contributed by atoms with Gasteiger partial charge in [-0.25, -0.2) is 9.97 Å². The van der Waals surface area contributed by atoms with Gasteiger partial charge in [-0.3, -0.25) is 4.98 Å². The van der Waals surface area contributed by atoms with E-state index in [1.165, 1.54) is 5.69 Å². The third-order valence-corrected chi connectivity index (χ3v) is 4.14. The first-order valence-corrected chi connectivity index (χ1v) is 8.05. The second-order valence-electron chi connectivity index (χ2n) is 5.88. The fourth-order valence-corrected chi connectivity index (χ4v) is 2.96. The topological polar surface area (TPSA) is 56.1 Å². The summed E-state index contributed by atoms with van der Waals surface area (Å²) in [5, 5.41) is 0. The minimum atomic E-state index is 0.0580. The maximum Gasteiger partial charge on any atom is 0.225 e. The summed E-state index contributed by atoms with van der Waals surface area (Å²) in [5.41, 5.74) is 2.33. The number of fused-ring (bicyclic) bond motifs is 1. The lowest BCUT2D eigenvalue weighted by atomic mass is 10.3. The lowest BCUT2D eigenvalue weighted by Crippen LogP contribution is -2.33. The van der Waals surface area contributed by atoms with E-state index in [0.29, 0.717) is 6.61 Å². The lowest BCUT2D eigenvalue weighted by Gasteiger charge is -2.24. The first-order valence-electron chi connectivity index (χ1n) is 8.05. The second-order valence-corrected chi connectivity index (χ2v) is 5.88. The van der Waals surface area contributed by atoms with Crippen LogP contribution in [0.1, 0.15) is 11.3 Å². The van der Waals surface area contributed by atoms with Crippen LogP contribution < -0.4 is 4.90 Å². The maximum atomic E-state index is 6.17. The van der Waals surface area contributed by atoms with E-state index >= 15 is 0 Å². The number of ether oxygens (including phenoxy) is 1. The summed E-state index contributed by atoms with van der Waals surface area (Å²) < 4.78 is 8.42. The Labute approximate surface area is 140 Å². The average molecular weight is 321 g/mol. The molecule has 0 aromatic carbocycles. The molecule has 4 heterocycles. The van der Waals surface area contributed by atoms with E-state index in [0.717, 1.165) is 31.1 Å². The molecule has 1 atom stereocenters. The Hall–Kier alpha value is -2.73. The highest BCUT2D eigenvalue weighted by molar-refractivity contribution is 5.31. The molecule has 122 valence electrons. The van der Waals surface area contributed by atoms with E-state index in [1.807, 2.05) is 24.4 Å². The Morgan fingerprint density at radius 1 is 1.04 bits per heavy atom. The number of hydrogen-bond acceptors (Lipinski definition) is 5. The monoisotopic (exact) mass is 321 g/mol. The van der Waals surface area contributed by atoms with Crippen molar-refractivity contribution in [2.24, 2.45) is 0 Å². The second kappa shape index (κ2) is 6.80. The summed E-state index contributed by atoms with van der Waals surface area (Å²) in [6, 6.07) is 10.0. The smallest absolute Gasteiger partial charge is 0.225 e. The SMILES string of the molecule is c1cnc(N2Cc3cccn3C[C@H](OCc3cccnc3)C2)nc1. The van der Waals surface area contributed by atoms with E-state index in [1.54, 1.807) is 18.6 Å². The average Bonchev–Trinajstić information content (AvgIpc) is 2.99. The highest BCUT2D eigenvalue weighted by atomic mass is 16.5. The zero-order valence-corrected chi connectivity index (χ0v) is 13.3. The van der Waals surface area contributed by atoms with Gasteiger partial charge in [0.1, 0.15) is 0 Å². The summed E-state index contributed by atoms with van der Waals surface area (Å²) in [6.07, 6.45) is 9.33. The van der Waals surface area contributed by atoms with Gasteiger partial charge < -0.3 is 14.2 Å². The molecule has 1 aliphatic heterocycles. The Morgan fingerprint density at radius 2 is 1.96 bits per heavy atom. The van der Waals surface area contributed by atoms with Gasteiger partial charge in [0.15, 0.2) is 0 Å². The van der Waals surface area contributed by atoms with Crippen LogP contribution in [0.3, 0.4) is 0 Å². The van der Waals surface area contributed by atoms with Crippen molar-refractivity contribution >= 4 is 5.95 Å². The van der Waals surface area contributed by atoms with Crippen molar-refractivity contribution in [3.05, 3.63) is 72.6 Å². The molecule has 3 aromatic heterocycles. The molecule has 0 saturated heterocycles. The molecule has 0 fully saturated rings. The molecule has 0 saturated carbocycles. The molecular weight excluding hydrogens is 302 g/mol. The fraction of sp³-hybridized carbons (Fsp3) is 0.278. The normalized spacial score (nSPS) is 17.3. The van der Waals surface area contributed by atoms with Gasteiger partial charge >= 0.3 is 0 Å². The summed E-state index contributed by atoms with van der Waals surface area (Å²) in [7, 11) is 0. The Bertz CT molecular complexity index is 774. The molecule has 4 rings (SSSR count). The van der Waals surface area contributed by atoms with Crippen LogP contribution in [0.5, 0.6) is 0 Å². The van der Waals surface area contributed by atoms with Crippen molar-refractivity contribution in [3.63, 3.8) is 0 Å². The highest BCUT2D eigenvalue weighted by Gasteiger charge is 2.23. The molecule has 6 heteroatoms. The Balaban J connectivity index is 1.53. The molecule has 1 aliphatic rings. The van der Waals surface area contributed by atoms with E-state index in [2.05, 4.69) is 42.7 Å². The van der Waals surface area contributed by atoms with Gasteiger partial charge in [-0.1, -0.05) is 6.07 Å². The van der Waals surface area contributed by atoms with Gasteiger partial charge in [-0.15, -0.1) is 0 Å². The van der Waals surface area contributed by atoms with E-state index in [4.69, 9.17) is 4.74 Å². The minimum Gasteiger partial charge on any atom is -0.370 e. The quantitative estimate of drug-likeness (QED) is 0.738. The van der Waals surface area contributed by atoms with Crippen molar-refractivity contribution in [2.45, 2.75) is 25.8 Å². The molecule has 0 aliphatic carbocycles. The van der Waals surface area contributed by atoms with Crippen LogP contribution >= 0.6 is 0 Å². The lowest BCUT2D eigenvalue weighted by molar-refractivity contribution is 0.0358. The van der Waals surface area contributed by atoms with Crippen molar-refractivity contribution in [1.29, 1.82) is 0 Å². The molecule has 0 amide bonds. The molecule has 0 radical (unpaired) electrons. The number of rotatable bonds is 4. The fourth-order valence-electron chi connectivity index (χ4n) is 2.96. The molecule has 0 unspecified atom stereocenters. The molecule has 24 heavy (non-hydrogen) atoms. The molecule has 6 nitrogen and oxygen atoms in total. The first kappa shape index (κ1) is 14.8. The summed E-state index contributed by atoms with van der Waals surface area (Å²) in [5.74, 6) is 0.738. The summed E-state index contributed by atoms with van der Waals surface area (Å²) >= 11 is 0. The Morgan fingerprint density at radius 3 is 2.79 bits per heavy atom. The number of hydrogen-bond donors (Lipinski definition) is 0. The zero-order valence-electron chi connectivity index (χ0n) is 13.3. The van der Waals surface area contributed by atoms with Gasteiger partial charge in [0.25, 0.3) is 0 Å². The maximum absolute atomic E-state index is 6.17. The first-order chi connectivity index (χ1) is 11.9. The van der Waals surface area contributed by atoms with E-state index in [-0.39, 0.29) is 6.10 Å². The Kier molecular flexibility index (Phi) is 4.20. The number of anilines is 1. The predicted octanol–water partition coefficient (Wildman–Crippen LogP) is 2.28. The van der Waals surface area contributed by atoms with Crippen LogP contribution in [0.15, 0.2) is 61.3 Å². The molecular formula is C18H19N5O.